The first-order valence-corrected chi connectivity index (χ1v) is 7.53. The molecular formula is C18H14BrFO. The summed E-state index contributed by atoms with van der Waals surface area (Å²) in [5, 5.41) is 12.6. The highest BCUT2D eigenvalue weighted by molar-refractivity contribution is 9.10. The van der Waals surface area contributed by atoms with Crippen LogP contribution in [0.15, 0.2) is 65.1 Å². The van der Waals surface area contributed by atoms with E-state index in [9.17, 15) is 9.50 Å². The SMILES string of the molecule is OC(Cc1cc(F)cc(Br)c1)c1cccc2ccccc12. The van der Waals surface area contributed by atoms with Crippen molar-refractivity contribution in [1.82, 2.24) is 0 Å². The number of rotatable bonds is 3. The fourth-order valence-corrected chi connectivity index (χ4v) is 3.12. The Morgan fingerprint density at radius 2 is 1.76 bits per heavy atom. The van der Waals surface area contributed by atoms with Gasteiger partial charge in [-0.2, -0.15) is 0 Å². The molecule has 0 aliphatic rings. The van der Waals surface area contributed by atoms with Crippen molar-refractivity contribution in [3.8, 4) is 0 Å². The van der Waals surface area contributed by atoms with Crippen LogP contribution in [0.3, 0.4) is 0 Å². The summed E-state index contributed by atoms with van der Waals surface area (Å²) in [7, 11) is 0. The molecule has 1 nitrogen and oxygen atoms in total. The lowest BCUT2D eigenvalue weighted by molar-refractivity contribution is 0.180. The standard InChI is InChI=1S/C18H14BrFO/c19-14-8-12(9-15(20)11-14)10-18(21)17-7-3-5-13-4-1-2-6-16(13)17/h1-9,11,18,21H,10H2. The van der Waals surface area contributed by atoms with Crippen LogP contribution in [0.4, 0.5) is 4.39 Å². The van der Waals surface area contributed by atoms with Gasteiger partial charge in [-0.15, -0.1) is 0 Å². The fourth-order valence-electron chi connectivity index (χ4n) is 2.60. The van der Waals surface area contributed by atoms with Crippen LogP contribution >= 0.6 is 15.9 Å². The lowest BCUT2D eigenvalue weighted by Crippen LogP contribution is -2.03. The maximum atomic E-state index is 13.4. The topological polar surface area (TPSA) is 20.2 Å². The number of hydrogen-bond donors (Lipinski definition) is 1. The van der Waals surface area contributed by atoms with Crippen molar-refractivity contribution in [3.05, 3.63) is 82.1 Å². The van der Waals surface area contributed by atoms with Crippen molar-refractivity contribution in [2.75, 3.05) is 0 Å². The van der Waals surface area contributed by atoms with Gasteiger partial charge in [0.05, 0.1) is 6.10 Å². The van der Waals surface area contributed by atoms with Gasteiger partial charge in [-0.3, -0.25) is 0 Å². The number of aliphatic hydroxyl groups is 1. The highest BCUT2D eigenvalue weighted by Crippen LogP contribution is 2.27. The van der Waals surface area contributed by atoms with Crippen molar-refractivity contribution in [3.63, 3.8) is 0 Å². The monoisotopic (exact) mass is 344 g/mol. The first-order valence-electron chi connectivity index (χ1n) is 6.74. The Labute approximate surface area is 131 Å². The number of hydrogen-bond acceptors (Lipinski definition) is 1. The molecule has 21 heavy (non-hydrogen) atoms. The molecule has 0 bridgehead atoms. The molecule has 3 heteroatoms. The van der Waals surface area contributed by atoms with Gasteiger partial charge in [0.25, 0.3) is 0 Å². The van der Waals surface area contributed by atoms with E-state index in [4.69, 9.17) is 0 Å². The van der Waals surface area contributed by atoms with Crippen LogP contribution < -0.4 is 0 Å². The Balaban J connectivity index is 1.95. The molecule has 0 radical (unpaired) electrons. The van der Waals surface area contributed by atoms with E-state index in [2.05, 4.69) is 15.9 Å². The van der Waals surface area contributed by atoms with Crippen LogP contribution in [0.25, 0.3) is 10.8 Å². The summed E-state index contributed by atoms with van der Waals surface area (Å²) in [5.41, 5.74) is 1.63. The highest BCUT2D eigenvalue weighted by atomic mass is 79.9. The lowest BCUT2D eigenvalue weighted by atomic mass is 9.96. The lowest BCUT2D eigenvalue weighted by Gasteiger charge is -2.14. The number of halogens is 2. The molecule has 0 saturated carbocycles. The molecular weight excluding hydrogens is 331 g/mol. The average Bonchev–Trinajstić information content (AvgIpc) is 2.45. The van der Waals surface area contributed by atoms with E-state index in [1.807, 2.05) is 48.5 Å². The minimum Gasteiger partial charge on any atom is -0.388 e. The molecule has 0 aliphatic heterocycles. The molecule has 106 valence electrons. The molecule has 1 N–H and O–H groups in total. The van der Waals surface area contributed by atoms with Gasteiger partial charge in [0, 0.05) is 10.9 Å². The van der Waals surface area contributed by atoms with Gasteiger partial charge >= 0.3 is 0 Å². The maximum absolute atomic E-state index is 13.4. The largest absolute Gasteiger partial charge is 0.388 e. The Kier molecular flexibility index (Phi) is 4.04. The van der Waals surface area contributed by atoms with Crippen LogP contribution in [0, 0.1) is 5.82 Å². The van der Waals surface area contributed by atoms with Crippen molar-refractivity contribution < 1.29 is 9.50 Å². The Morgan fingerprint density at radius 1 is 1.00 bits per heavy atom. The van der Waals surface area contributed by atoms with E-state index in [0.29, 0.717) is 10.9 Å². The van der Waals surface area contributed by atoms with E-state index in [1.165, 1.54) is 12.1 Å². The minimum atomic E-state index is -0.662. The summed E-state index contributed by atoms with van der Waals surface area (Å²) >= 11 is 3.28. The minimum absolute atomic E-state index is 0.301. The average molecular weight is 345 g/mol. The summed E-state index contributed by atoms with van der Waals surface area (Å²) in [4.78, 5) is 0. The third-order valence-electron chi connectivity index (χ3n) is 3.53. The van der Waals surface area contributed by atoms with E-state index in [-0.39, 0.29) is 5.82 Å². The normalized spacial score (nSPS) is 12.5. The smallest absolute Gasteiger partial charge is 0.124 e. The first kappa shape index (κ1) is 14.2. The summed E-state index contributed by atoms with van der Waals surface area (Å²) in [6.07, 6.45) is -0.283. The Bertz CT molecular complexity index is 760. The predicted octanol–water partition coefficient (Wildman–Crippen LogP) is 5.02. The van der Waals surface area contributed by atoms with Crippen molar-refractivity contribution in [2.24, 2.45) is 0 Å². The first-order chi connectivity index (χ1) is 10.1. The predicted molar refractivity (Wildman–Crippen MR) is 86.7 cm³/mol. The molecule has 0 heterocycles. The molecule has 3 aromatic rings. The van der Waals surface area contributed by atoms with Gasteiger partial charge in [-0.05, 0) is 40.1 Å². The fraction of sp³-hybridized carbons (Fsp3) is 0.111. The number of fused-ring (bicyclic) bond motifs is 1. The van der Waals surface area contributed by atoms with E-state index < -0.39 is 6.10 Å². The second kappa shape index (κ2) is 5.96. The highest BCUT2D eigenvalue weighted by Gasteiger charge is 2.12. The quantitative estimate of drug-likeness (QED) is 0.707. The molecule has 0 aromatic heterocycles. The van der Waals surface area contributed by atoms with Crippen LogP contribution in [0.2, 0.25) is 0 Å². The Hall–Kier alpha value is -1.71. The second-order valence-electron chi connectivity index (χ2n) is 5.07. The zero-order valence-electron chi connectivity index (χ0n) is 11.3. The number of benzene rings is 3. The summed E-state index contributed by atoms with van der Waals surface area (Å²) < 4.78 is 14.1. The molecule has 3 rings (SSSR count). The van der Waals surface area contributed by atoms with E-state index >= 15 is 0 Å². The molecule has 0 fully saturated rings. The van der Waals surface area contributed by atoms with Crippen molar-refractivity contribution in [2.45, 2.75) is 12.5 Å². The molecule has 1 atom stereocenters. The van der Waals surface area contributed by atoms with E-state index in [1.54, 1.807) is 0 Å². The van der Waals surface area contributed by atoms with Crippen LogP contribution in [-0.4, -0.2) is 5.11 Å². The van der Waals surface area contributed by atoms with Gasteiger partial charge in [-0.1, -0.05) is 58.4 Å². The number of aliphatic hydroxyl groups excluding tert-OH is 1. The third-order valence-corrected chi connectivity index (χ3v) is 3.99. The Morgan fingerprint density at radius 3 is 2.57 bits per heavy atom. The zero-order valence-corrected chi connectivity index (χ0v) is 12.8. The van der Waals surface area contributed by atoms with Crippen LogP contribution in [0.1, 0.15) is 17.2 Å². The second-order valence-corrected chi connectivity index (χ2v) is 5.98. The van der Waals surface area contributed by atoms with Gasteiger partial charge in [0.2, 0.25) is 0 Å². The summed E-state index contributed by atoms with van der Waals surface area (Å²) in [6, 6.07) is 18.5. The van der Waals surface area contributed by atoms with Crippen LogP contribution in [-0.2, 0) is 6.42 Å². The van der Waals surface area contributed by atoms with Crippen LogP contribution in [0.5, 0.6) is 0 Å². The zero-order chi connectivity index (χ0) is 14.8. The molecule has 0 spiro atoms. The molecule has 0 amide bonds. The third kappa shape index (κ3) is 3.14. The molecule has 1 unspecified atom stereocenters. The van der Waals surface area contributed by atoms with Gasteiger partial charge < -0.3 is 5.11 Å². The van der Waals surface area contributed by atoms with Gasteiger partial charge in [0.1, 0.15) is 5.82 Å². The molecule has 0 aliphatic carbocycles. The molecule has 0 saturated heterocycles. The summed E-state index contributed by atoms with van der Waals surface area (Å²) in [6.45, 7) is 0. The maximum Gasteiger partial charge on any atom is 0.124 e. The summed E-state index contributed by atoms with van der Waals surface area (Å²) in [5.74, 6) is -0.301. The van der Waals surface area contributed by atoms with Crippen molar-refractivity contribution in [1.29, 1.82) is 0 Å². The van der Waals surface area contributed by atoms with Crippen molar-refractivity contribution >= 4 is 26.7 Å². The van der Waals surface area contributed by atoms with Gasteiger partial charge in [0.15, 0.2) is 0 Å². The van der Waals surface area contributed by atoms with Gasteiger partial charge in [-0.25, -0.2) is 4.39 Å². The molecule has 3 aromatic carbocycles. The van der Waals surface area contributed by atoms with E-state index in [0.717, 1.165) is 21.9 Å².